The van der Waals surface area contributed by atoms with Crippen LogP contribution < -0.4 is 5.73 Å². The molecule has 7 N–H and O–H groups in total. The molecule has 5 atom stereocenters. The van der Waals surface area contributed by atoms with Gasteiger partial charge in [0, 0.05) is 23.8 Å². The zero-order valence-corrected chi connectivity index (χ0v) is 18.6. The maximum atomic E-state index is 13.6. The average molecular weight is 477 g/mol. The van der Waals surface area contributed by atoms with Crippen LogP contribution in [0.4, 0.5) is 0 Å². The molecule has 0 fully saturated rings. The molecule has 0 unspecified atom stereocenters. The lowest BCUT2D eigenvalue weighted by Crippen LogP contribution is -2.62. The number of nitrogens with two attached hydrogens (primary N) is 1. The molecule has 0 aliphatic heterocycles. The smallest absolute Gasteiger partial charge is 0.255 e. The number of carbonyl (C=O) groups excluding carboxylic acids is 3. The molecule has 35 heavy (non-hydrogen) atoms. The van der Waals surface area contributed by atoms with E-state index in [1.54, 1.807) is 13.0 Å². The van der Waals surface area contributed by atoms with E-state index < -0.39 is 76.0 Å². The number of Topliss-reactive ketones (excluding diaryl/α,β-unsaturated/α-hetero) is 2. The number of fused-ring (bicyclic) bond motifs is 3. The van der Waals surface area contributed by atoms with Gasteiger partial charge >= 0.3 is 0 Å². The Morgan fingerprint density at radius 3 is 2.34 bits per heavy atom. The van der Waals surface area contributed by atoms with E-state index in [2.05, 4.69) is 0 Å². The number of primary amides is 1. The lowest BCUT2D eigenvalue weighted by atomic mass is 9.56. The highest BCUT2D eigenvalue weighted by molar-refractivity contribution is 6.24. The van der Waals surface area contributed by atoms with E-state index >= 15 is 0 Å². The Kier molecular flexibility index (Phi) is 4.91. The molecule has 2 aromatic carbocycles. The van der Waals surface area contributed by atoms with Crippen LogP contribution in [0.2, 0.25) is 0 Å². The average Bonchev–Trinajstić information content (AvgIpc) is 2.81. The lowest BCUT2D eigenvalue weighted by molar-refractivity contribution is -0.154. The number of rotatable bonds is 2. The number of allylic oxidation sites excluding steroid dienone is 1. The summed E-state index contributed by atoms with van der Waals surface area (Å²) in [6, 6.07) is 12.3. The fourth-order valence-electron chi connectivity index (χ4n) is 5.82. The summed E-state index contributed by atoms with van der Waals surface area (Å²) in [5, 5.41) is 54.8. The monoisotopic (exact) mass is 477 g/mol. The fraction of sp³-hybridized carbons (Fsp3) is 0.269. The highest BCUT2D eigenvalue weighted by Gasteiger charge is 2.64. The molecule has 9 heteroatoms. The molecule has 0 bridgehead atoms. The quantitative estimate of drug-likeness (QED) is 0.354. The summed E-state index contributed by atoms with van der Waals surface area (Å²) in [6.45, 7) is 1.69. The maximum Gasteiger partial charge on any atom is 0.255 e. The number of ketones is 2. The van der Waals surface area contributed by atoms with Gasteiger partial charge in [0.15, 0.2) is 11.4 Å². The lowest BCUT2D eigenvalue weighted by Gasteiger charge is -2.50. The van der Waals surface area contributed by atoms with Crippen LogP contribution in [0.3, 0.4) is 0 Å². The summed E-state index contributed by atoms with van der Waals surface area (Å²) in [6.07, 6.45) is -2.07. The molecule has 180 valence electrons. The molecular formula is C26H23NO8. The summed E-state index contributed by atoms with van der Waals surface area (Å²) in [4.78, 5) is 38.3. The fourth-order valence-corrected chi connectivity index (χ4v) is 5.82. The number of aliphatic hydroxyl groups is 4. The summed E-state index contributed by atoms with van der Waals surface area (Å²) in [7, 11) is 0. The van der Waals surface area contributed by atoms with Gasteiger partial charge in [0.1, 0.15) is 22.8 Å². The van der Waals surface area contributed by atoms with E-state index in [1.807, 2.05) is 30.3 Å². The van der Waals surface area contributed by atoms with E-state index in [1.165, 1.54) is 6.07 Å². The van der Waals surface area contributed by atoms with Gasteiger partial charge in [-0.2, -0.15) is 0 Å². The summed E-state index contributed by atoms with van der Waals surface area (Å²) >= 11 is 0. The Hall–Kier alpha value is -3.95. The molecule has 3 aliphatic rings. The van der Waals surface area contributed by atoms with Gasteiger partial charge < -0.3 is 31.3 Å². The van der Waals surface area contributed by atoms with Gasteiger partial charge in [-0.05, 0) is 34.7 Å². The van der Waals surface area contributed by atoms with E-state index in [0.29, 0.717) is 11.1 Å². The zero-order chi connectivity index (χ0) is 25.4. The Morgan fingerprint density at radius 2 is 1.71 bits per heavy atom. The standard InChI is InChI=1S/C26H23NO8/c1-10-13-7-12(11-5-3-2-4-6-11)8-15(28)18(13)22(31)20-17(10)21(30)14-9-16(29)19(25(27)34)23(32)26(14,35)24(20)33/h2-8,10,14,17,21,28-30,33,35H,9H2,1H3,(H2,27,34)/t10-,14+,17+,21+,26+/m0/s1. The second-order valence-corrected chi connectivity index (χ2v) is 9.31. The molecule has 9 nitrogen and oxygen atoms in total. The number of benzene rings is 2. The van der Waals surface area contributed by atoms with Gasteiger partial charge in [-0.1, -0.05) is 37.3 Å². The van der Waals surface area contributed by atoms with E-state index in [4.69, 9.17) is 5.73 Å². The van der Waals surface area contributed by atoms with Crippen molar-refractivity contribution in [3.63, 3.8) is 0 Å². The first-order valence-corrected chi connectivity index (χ1v) is 11.1. The summed E-state index contributed by atoms with van der Waals surface area (Å²) < 4.78 is 0. The van der Waals surface area contributed by atoms with Crippen molar-refractivity contribution in [1.82, 2.24) is 0 Å². The Balaban J connectivity index is 1.72. The molecule has 2 aromatic rings. The summed E-state index contributed by atoms with van der Waals surface area (Å²) in [5.41, 5.74) is 2.78. The number of amides is 1. The Labute approximate surface area is 199 Å². The number of phenolic OH excluding ortho intramolecular Hbond substituents is 1. The van der Waals surface area contributed by atoms with Crippen LogP contribution >= 0.6 is 0 Å². The number of hydrogen-bond acceptors (Lipinski definition) is 8. The minimum Gasteiger partial charge on any atom is -0.511 e. The number of phenols is 1. The minimum absolute atomic E-state index is 0.110. The molecule has 0 saturated carbocycles. The molecule has 0 radical (unpaired) electrons. The molecule has 0 heterocycles. The maximum absolute atomic E-state index is 13.6. The van der Waals surface area contributed by atoms with Crippen molar-refractivity contribution in [3.05, 3.63) is 76.3 Å². The van der Waals surface area contributed by atoms with E-state index in [0.717, 1.165) is 5.56 Å². The van der Waals surface area contributed by atoms with E-state index in [9.17, 15) is 39.9 Å². The van der Waals surface area contributed by atoms with Crippen LogP contribution in [-0.2, 0) is 9.59 Å². The van der Waals surface area contributed by atoms with Crippen molar-refractivity contribution in [2.75, 3.05) is 0 Å². The van der Waals surface area contributed by atoms with Gasteiger partial charge in [-0.15, -0.1) is 0 Å². The number of aliphatic hydroxyl groups excluding tert-OH is 3. The first-order chi connectivity index (χ1) is 16.5. The van der Waals surface area contributed by atoms with Gasteiger partial charge in [0.25, 0.3) is 5.91 Å². The first kappa shape index (κ1) is 22.8. The second kappa shape index (κ2) is 7.53. The second-order valence-electron chi connectivity index (χ2n) is 9.31. The normalized spacial score (nSPS) is 30.0. The van der Waals surface area contributed by atoms with Gasteiger partial charge in [-0.3, -0.25) is 14.4 Å². The van der Waals surface area contributed by atoms with Crippen LogP contribution in [0.25, 0.3) is 11.1 Å². The van der Waals surface area contributed by atoms with Crippen molar-refractivity contribution < 1.29 is 39.9 Å². The molecule has 1 amide bonds. The highest BCUT2D eigenvalue weighted by Crippen LogP contribution is 2.55. The zero-order valence-electron chi connectivity index (χ0n) is 18.6. The van der Waals surface area contributed by atoms with Crippen molar-refractivity contribution in [1.29, 1.82) is 0 Å². The minimum atomic E-state index is -2.84. The van der Waals surface area contributed by atoms with Crippen molar-refractivity contribution in [3.8, 4) is 16.9 Å². The SMILES string of the molecule is C[C@H]1c2cc(-c3ccccc3)cc(O)c2C(=O)C2=C(O)[C@]3(O)C(=O)C(C(N)=O)=C(O)C[C@@H]3[C@@H](O)[C@@H]21. The summed E-state index contributed by atoms with van der Waals surface area (Å²) in [5.74, 6) is -8.75. The number of hydrogen-bond donors (Lipinski definition) is 6. The molecule has 0 spiro atoms. The van der Waals surface area contributed by atoms with Gasteiger partial charge in [-0.25, -0.2) is 0 Å². The Bertz CT molecular complexity index is 1380. The van der Waals surface area contributed by atoms with Gasteiger partial charge in [0.2, 0.25) is 5.78 Å². The van der Waals surface area contributed by atoms with Crippen molar-refractivity contribution >= 4 is 17.5 Å². The third-order valence-electron chi connectivity index (χ3n) is 7.54. The topological polar surface area (TPSA) is 178 Å². The predicted octanol–water partition coefficient (Wildman–Crippen LogP) is 1.78. The molecular weight excluding hydrogens is 454 g/mol. The highest BCUT2D eigenvalue weighted by atomic mass is 16.4. The first-order valence-electron chi connectivity index (χ1n) is 11.1. The van der Waals surface area contributed by atoms with E-state index in [-0.39, 0.29) is 11.3 Å². The van der Waals surface area contributed by atoms with Crippen molar-refractivity contribution in [2.45, 2.75) is 31.0 Å². The molecule has 3 aliphatic carbocycles. The van der Waals surface area contributed by atoms with Crippen LogP contribution in [-0.4, -0.2) is 54.7 Å². The predicted molar refractivity (Wildman–Crippen MR) is 122 cm³/mol. The molecule has 0 saturated heterocycles. The molecule has 5 rings (SSSR count). The van der Waals surface area contributed by atoms with Crippen LogP contribution in [0.5, 0.6) is 5.75 Å². The van der Waals surface area contributed by atoms with Crippen LogP contribution in [0.15, 0.2) is 65.1 Å². The Morgan fingerprint density at radius 1 is 1.06 bits per heavy atom. The number of aromatic hydroxyl groups is 1. The molecule has 0 aromatic heterocycles. The van der Waals surface area contributed by atoms with Gasteiger partial charge in [0.05, 0.1) is 11.7 Å². The number of carbonyl (C=O) groups is 3. The largest absolute Gasteiger partial charge is 0.511 e. The van der Waals surface area contributed by atoms with Crippen molar-refractivity contribution in [2.24, 2.45) is 17.6 Å². The van der Waals surface area contributed by atoms with Crippen LogP contribution in [0, 0.1) is 11.8 Å². The van der Waals surface area contributed by atoms with Crippen LogP contribution in [0.1, 0.15) is 35.2 Å². The third kappa shape index (κ3) is 2.92. The third-order valence-corrected chi connectivity index (χ3v) is 7.54.